The Hall–Kier alpha value is -1.72. The summed E-state index contributed by atoms with van der Waals surface area (Å²) in [6, 6.07) is 6.70. The van der Waals surface area contributed by atoms with E-state index < -0.39 is 0 Å². The molecular formula is C16H19N3O2. The van der Waals surface area contributed by atoms with Crippen molar-refractivity contribution in [3.05, 3.63) is 35.2 Å². The molecule has 1 atom stereocenters. The summed E-state index contributed by atoms with van der Waals surface area (Å²) in [4.78, 5) is 4.59. The van der Waals surface area contributed by atoms with Crippen LogP contribution in [0.3, 0.4) is 0 Å². The third-order valence-corrected chi connectivity index (χ3v) is 4.32. The maximum atomic E-state index is 5.51. The van der Waals surface area contributed by atoms with Crippen LogP contribution in [0, 0.1) is 0 Å². The Kier molecular flexibility index (Phi) is 3.45. The maximum Gasteiger partial charge on any atom is 0.258 e. The molecule has 2 aliphatic heterocycles. The van der Waals surface area contributed by atoms with E-state index in [0.717, 1.165) is 37.4 Å². The van der Waals surface area contributed by atoms with Crippen LogP contribution in [-0.2, 0) is 24.2 Å². The van der Waals surface area contributed by atoms with Gasteiger partial charge in [-0.25, -0.2) is 0 Å². The zero-order valence-electron chi connectivity index (χ0n) is 12.0. The molecular weight excluding hydrogens is 266 g/mol. The molecule has 1 aromatic carbocycles. The van der Waals surface area contributed by atoms with Crippen molar-refractivity contribution in [1.29, 1.82) is 0 Å². The lowest BCUT2D eigenvalue weighted by atomic mass is 9.97. The van der Waals surface area contributed by atoms with Gasteiger partial charge in [0, 0.05) is 18.0 Å². The molecule has 110 valence electrons. The largest absolute Gasteiger partial charge is 0.376 e. The van der Waals surface area contributed by atoms with Crippen LogP contribution < -0.4 is 5.32 Å². The van der Waals surface area contributed by atoms with Crippen molar-refractivity contribution in [2.75, 3.05) is 13.2 Å². The Morgan fingerprint density at radius 2 is 2.33 bits per heavy atom. The van der Waals surface area contributed by atoms with Crippen molar-refractivity contribution >= 4 is 0 Å². The van der Waals surface area contributed by atoms with E-state index in [2.05, 4.69) is 27.6 Å². The third kappa shape index (κ3) is 2.59. The predicted molar refractivity (Wildman–Crippen MR) is 77.8 cm³/mol. The topological polar surface area (TPSA) is 60.2 Å². The number of nitrogens with zero attached hydrogens (tertiary/aromatic N) is 2. The number of hydrogen-bond acceptors (Lipinski definition) is 5. The van der Waals surface area contributed by atoms with Crippen molar-refractivity contribution in [1.82, 2.24) is 15.5 Å². The highest BCUT2D eigenvalue weighted by Gasteiger charge is 2.21. The van der Waals surface area contributed by atoms with Gasteiger partial charge in [-0.05, 0) is 43.0 Å². The molecule has 1 N–H and O–H groups in total. The lowest BCUT2D eigenvalue weighted by molar-refractivity contribution is 0.111. The number of hydrogen-bond donors (Lipinski definition) is 1. The summed E-state index contributed by atoms with van der Waals surface area (Å²) in [5.41, 5.74) is 3.59. The van der Waals surface area contributed by atoms with Gasteiger partial charge in [0.25, 0.3) is 5.89 Å². The minimum absolute atomic E-state index is 0.494. The molecule has 0 aliphatic carbocycles. The maximum absolute atomic E-state index is 5.51. The second-order valence-electron chi connectivity index (χ2n) is 5.76. The van der Waals surface area contributed by atoms with Gasteiger partial charge >= 0.3 is 0 Å². The summed E-state index contributed by atoms with van der Waals surface area (Å²) in [5.74, 6) is 1.44. The minimum atomic E-state index is 0.494. The van der Waals surface area contributed by atoms with E-state index in [4.69, 9.17) is 9.26 Å². The van der Waals surface area contributed by atoms with E-state index in [9.17, 15) is 0 Å². The fourth-order valence-electron chi connectivity index (χ4n) is 3.22. The number of nitrogens with one attached hydrogen (secondary N) is 1. The van der Waals surface area contributed by atoms with Gasteiger partial charge in [-0.3, -0.25) is 0 Å². The molecule has 0 unspecified atom stereocenters. The molecule has 0 spiro atoms. The van der Waals surface area contributed by atoms with Gasteiger partial charge < -0.3 is 14.6 Å². The Morgan fingerprint density at radius 3 is 3.24 bits per heavy atom. The summed E-state index contributed by atoms with van der Waals surface area (Å²) in [6.45, 7) is 2.54. The number of ether oxygens (including phenoxy) is 1. The number of benzene rings is 1. The summed E-state index contributed by atoms with van der Waals surface area (Å²) >= 11 is 0. The van der Waals surface area contributed by atoms with Gasteiger partial charge in [0.15, 0.2) is 5.82 Å². The smallest absolute Gasteiger partial charge is 0.258 e. The number of fused-ring (bicyclic) bond motifs is 1. The van der Waals surface area contributed by atoms with Crippen molar-refractivity contribution < 1.29 is 9.26 Å². The molecule has 0 bridgehead atoms. The first-order chi connectivity index (χ1) is 10.4. The molecule has 1 saturated heterocycles. The SMILES string of the molecule is c1cc2c(c(-c3nc(C[C@H]4CCCN4)no3)c1)CCOC2. The number of rotatable bonds is 3. The average Bonchev–Trinajstić information content (AvgIpc) is 3.19. The average molecular weight is 285 g/mol. The first-order valence-electron chi connectivity index (χ1n) is 7.65. The number of aromatic nitrogens is 2. The molecule has 0 amide bonds. The van der Waals surface area contributed by atoms with Gasteiger partial charge in [0.2, 0.25) is 0 Å². The van der Waals surface area contributed by atoms with E-state index >= 15 is 0 Å². The molecule has 2 aliphatic rings. The van der Waals surface area contributed by atoms with Crippen molar-refractivity contribution in [2.45, 2.75) is 38.3 Å². The fraction of sp³-hybridized carbons (Fsp3) is 0.500. The summed E-state index contributed by atoms with van der Waals surface area (Å²) in [5, 5.41) is 7.61. The monoisotopic (exact) mass is 285 g/mol. The van der Waals surface area contributed by atoms with Crippen molar-refractivity contribution in [3.63, 3.8) is 0 Å². The molecule has 21 heavy (non-hydrogen) atoms. The summed E-state index contributed by atoms with van der Waals surface area (Å²) < 4.78 is 11.0. The Labute approximate surface area is 123 Å². The van der Waals surface area contributed by atoms with Gasteiger partial charge in [-0.2, -0.15) is 4.98 Å². The quantitative estimate of drug-likeness (QED) is 0.936. The summed E-state index contributed by atoms with van der Waals surface area (Å²) in [6.07, 6.45) is 4.19. The molecule has 5 nitrogen and oxygen atoms in total. The van der Waals surface area contributed by atoms with Crippen molar-refractivity contribution in [2.24, 2.45) is 0 Å². The van der Waals surface area contributed by atoms with Gasteiger partial charge in [-0.15, -0.1) is 0 Å². The Balaban J connectivity index is 1.60. The predicted octanol–water partition coefficient (Wildman–Crippen LogP) is 2.10. The highest BCUT2D eigenvalue weighted by molar-refractivity contribution is 5.61. The molecule has 2 aromatic rings. The van der Waals surface area contributed by atoms with Crippen LogP contribution in [0.2, 0.25) is 0 Å². The normalized spacial score (nSPS) is 21.4. The Bertz CT molecular complexity index is 632. The summed E-state index contributed by atoms with van der Waals surface area (Å²) in [7, 11) is 0. The zero-order valence-corrected chi connectivity index (χ0v) is 12.0. The van der Waals surface area contributed by atoms with E-state index in [1.807, 2.05) is 6.07 Å². The van der Waals surface area contributed by atoms with Crippen LogP contribution in [-0.4, -0.2) is 29.3 Å². The second kappa shape index (κ2) is 5.58. The fourth-order valence-corrected chi connectivity index (χ4v) is 3.22. The second-order valence-corrected chi connectivity index (χ2v) is 5.76. The van der Waals surface area contributed by atoms with Crippen LogP contribution in [0.4, 0.5) is 0 Å². The van der Waals surface area contributed by atoms with E-state index in [-0.39, 0.29) is 0 Å². The van der Waals surface area contributed by atoms with E-state index in [0.29, 0.717) is 18.5 Å². The van der Waals surface area contributed by atoms with Crippen LogP contribution in [0.1, 0.15) is 29.8 Å². The highest BCUT2D eigenvalue weighted by Crippen LogP contribution is 2.28. The van der Waals surface area contributed by atoms with Crippen LogP contribution in [0.5, 0.6) is 0 Å². The standard InChI is InChI=1S/C16H19N3O2/c1-3-11-10-20-8-6-13(11)14(5-1)16-18-15(19-21-16)9-12-4-2-7-17-12/h1,3,5,12,17H,2,4,6-10H2/t12-/m1/s1. The van der Waals surface area contributed by atoms with E-state index in [1.165, 1.54) is 24.0 Å². The first kappa shape index (κ1) is 13.0. The minimum Gasteiger partial charge on any atom is -0.376 e. The molecule has 3 heterocycles. The molecule has 5 heteroatoms. The molecule has 1 aromatic heterocycles. The highest BCUT2D eigenvalue weighted by atomic mass is 16.5. The van der Waals surface area contributed by atoms with Crippen LogP contribution in [0.25, 0.3) is 11.5 Å². The lowest BCUT2D eigenvalue weighted by Crippen LogP contribution is -2.24. The van der Waals surface area contributed by atoms with Crippen LogP contribution in [0.15, 0.2) is 22.7 Å². The first-order valence-corrected chi connectivity index (χ1v) is 7.65. The van der Waals surface area contributed by atoms with E-state index in [1.54, 1.807) is 0 Å². The van der Waals surface area contributed by atoms with Gasteiger partial charge in [0.1, 0.15) is 0 Å². The zero-order chi connectivity index (χ0) is 14.1. The molecule has 1 fully saturated rings. The third-order valence-electron chi connectivity index (χ3n) is 4.32. The van der Waals surface area contributed by atoms with Crippen LogP contribution >= 0.6 is 0 Å². The van der Waals surface area contributed by atoms with Gasteiger partial charge in [0.05, 0.1) is 13.2 Å². The van der Waals surface area contributed by atoms with Crippen molar-refractivity contribution in [3.8, 4) is 11.5 Å². The molecule has 0 saturated carbocycles. The molecule has 4 rings (SSSR count). The lowest BCUT2D eigenvalue weighted by Gasteiger charge is -2.18. The van der Waals surface area contributed by atoms with Gasteiger partial charge in [-0.1, -0.05) is 17.3 Å². The Morgan fingerprint density at radius 1 is 1.33 bits per heavy atom. The molecule has 0 radical (unpaired) electrons.